The normalized spacial score (nSPS) is 27.9. The van der Waals surface area contributed by atoms with Gasteiger partial charge in [0.25, 0.3) is 0 Å². The summed E-state index contributed by atoms with van der Waals surface area (Å²) in [5.74, 6) is 0.895. The average molecular weight is 382 g/mol. The number of aliphatic hydroxyl groups is 1. The van der Waals surface area contributed by atoms with Gasteiger partial charge < -0.3 is 5.11 Å². The molecule has 7 nitrogen and oxygen atoms in total. The molecular formula is C19H22N6OS. The highest BCUT2D eigenvalue weighted by Crippen LogP contribution is 2.45. The number of hydrogen-bond donors (Lipinski definition) is 1. The third-order valence-electron chi connectivity index (χ3n) is 5.93. The van der Waals surface area contributed by atoms with Crippen molar-refractivity contribution >= 4 is 11.3 Å². The molecule has 2 aliphatic heterocycles. The molecule has 2 atom stereocenters. The maximum atomic E-state index is 11.3. The van der Waals surface area contributed by atoms with Gasteiger partial charge in [0.2, 0.25) is 0 Å². The van der Waals surface area contributed by atoms with E-state index in [0.29, 0.717) is 18.6 Å². The minimum absolute atomic E-state index is 0.348. The maximum absolute atomic E-state index is 11.3. The summed E-state index contributed by atoms with van der Waals surface area (Å²) in [7, 11) is 0. The van der Waals surface area contributed by atoms with Gasteiger partial charge in [0.15, 0.2) is 5.82 Å². The minimum Gasteiger partial charge on any atom is -0.385 e. The van der Waals surface area contributed by atoms with Crippen LogP contribution in [-0.4, -0.2) is 47.3 Å². The zero-order valence-corrected chi connectivity index (χ0v) is 15.8. The molecule has 8 heteroatoms. The zero-order chi connectivity index (χ0) is 18.3. The van der Waals surface area contributed by atoms with E-state index in [9.17, 15) is 5.11 Å². The molecule has 5 heterocycles. The van der Waals surface area contributed by atoms with Gasteiger partial charge in [-0.25, -0.2) is 4.68 Å². The highest BCUT2D eigenvalue weighted by atomic mass is 32.1. The Balaban J connectivity index is 1.33. The molecule has 0 radical (unpaired) electrons. The van der Waals surface area contributed by atoms with Crippen molar-refractivity contribution in [3.8, 4) is 0 Å². The van der Waals surface area contributed by atoms with Gasteiger partial charge in [-0.15, -0.1) is 16.4 Å². The van der Waals surface area contributed by atoms with Crippen LogP contribution in [0.25, 0.3) is 0 Å². The van der Waals surface area contributed by atoms with E-state index in [0.717, 1.165) is 43.6 Å². The third-order valence-corrected chi connectivity index (χ3v) is 6.79. The molecule has 2 saturated heterocycles. The molecule has 2 unspecified atom stereocenters. The van der Waals surface area contributed by atoms with E-state index in [-0.39, 0.29) is 0 Å². The molecule has 2 aliphatic rings. The molecule has 3 aromatic rings. The fraction of sp³-hybridized carbons (Fsp3) is 0.474. The predicted molar refractivity (Wildman–Crippen MR) is 101 cm³/mol. The Morgan fingerprint density at radius 2 is 2.00 bits per heavy atom. The van der Waals surface area contributed by atoms with E-state index in [4.69, 9.17) is 0 Å². The summed E-state index contributed by atoms with van der Waals surface area (Å²) in [5.41, 5.74) is 0.156. The smallest absolute Gasteiger partial charge is 0.165 e. The van der Waals surface area contributed by atoms with Gasteiger partial charge in [-0.1, -0.05) is 12.1 Å². The number of aromatic nitrogens is 5. The van der Waals surface area contributed by atoms with Crippen LogP contribution >= 0.6 is 11.3 Å². The van der Waals surface area contributed by atoms with E-state index >= 15 is 0 Å². The van der Waals surface area contributed by atoms with Gasteiger partial charge in [-0.05, 0) is 53.6 Å². The first-order valence-corrected chi connectivity index (χ1v) is 10.3. The molecule has 0 spiro atoms. The Hall–Kier alpha value is -2.16. The van der Waals surface area contributed by atoms with Crippen LogP contribution in [0.5, 0.6) is 0 Å². The number of thiophene rings is 1. The Morgan fingerprint density at radius 1 is 1.15 bits per heavy atom. The van der Waals surface area contributed by atoms with Gasteiger partial charge >= 0.3 is 0 Å². The van der Waals surface area contributed by atoms with Crippen LogP contribution in [0.2, 0.25) is 0 Å². The first-order valence-electron chi connectivity index (χ1n) is 9.37. The first kappa shape index (κ1) is 17.0. The van der Waals surface area contributed by atoms with Crippen molar-refractivity contribution in [1.29, 1.82) is 0 Å². The second-order valence-electron chi connectivity index (χ2n) is 7.57. The number of piperidine rings is 1. The summed E-state index contributed by atoms with van der Waals surface area (Å²) in [5, 5.41) is 25.7. The van der Waals surface area contributed by atoms with Crippen molar-refractivity contribution in [3.05, 3.63) is 58.3 Å². The molecule has 0 aliphatic carbocycles. The van der Waals surface area contributed by atoms with E-state index in [1.165, 1.54) is 4.88 Å². The summed E-state index contributed by atoms with van der Waals surface area (Å²) in [6, 6.07) is 8.74. The number of rotatable bonds is 5. The van der Waals surface area contributed by atoms with Crippen molar-refractivity contribution < 1.29 is 5.11 Å². The second-order valence-corrected chi connectivity index (χ2v) is 8.60. The van der Waals surface area contributed by atoms with Crippen LogP contribution in [0.1, 0.15) is 41.9 Å². The number of hydrogen-bond acceptors (Lipinski definition) is 7. The number of fused-ring (bicyclic) bond motifs is 2. The SMILES string of the molecule is OC1(c2cccnc2)CC2CCC(C1)N2Cc1nnnn1Cc1cccs1. The standard InChI is InChI=1S/C19H22N6OS/c26-19(14-3-1-7-20-11-14)9-15-5-6-16(10-19)24(15)13-18-21-22-23-25(18)12-17-4-2-8-27-17/h1-4,7-8,11,15-16,26H,5-6,9-10,12-13H2. The van der Waals surface area contributed by atoms with E-state index in [1.54, 1.807) is 23.7 Å². The zero-order valence-electron chi connectivity index (χ0n) is 15.0. The number of nitrogens with zero attached hydrogens (tertiary/aromatic N) is 6. The molecule has 0 aromatic carbocycles. The highest BCUT2D eigenvalue weighted by Gasteiger charge is 2.48. The first-order chi connectivity index (χ1) is 13.2. The molecule has 140 valence electrons. The molecule has 27 heavy (non-hydrogen) atoms. The Bertz CT molecular complexity index is 882. The van der Waals surface area contributed by atoms with Crippen LogP contribution in [0.3, 0.4) is 0 Å². The van der Waals surface area contributed by atoms with Crippen LogP contribution < -0.4 is 0 Å². The predicted octanol–water partition coefficient (Wildman–Crippen LogP) is 2.19. The molecule has 2 fully saturated rings. The van der Waals surface area contributed by atoms with Crippen LogP contribution in [0.4, 0.5) is 0 Å². The average Bonchev–Trinajstić information content (AvgIpc) is 3.40. The van der Waals surface area contributed by atoms with Gasteiger partial charge in [-0.2, -0.15) is 0 Å². The summed E-state index contributed by atoms with van der Waals surface area (Å²) >= 11 is 1.72. The summed E-state index contributed by atoms with van der Waals surface area (Å²) in [6.45, 7) is 1.44. The molecule has 0 amide bonds. The third kappa shape index (κ3) is 3.18. The molecular weight excluding hydrogens is 360 g/mol. The van der Waals surface area contributed by atoms with E-state index in [1.807, 2.05) is 22.9 Å². The topological polar surface area (TPSA) is 80.0 Å². The lowest BCUT2D eigenvalue weighted by atomic mass is 9.81. The lowest BCUT2D eigenvalue weighted by molar-refractivity contribution is -0.0606. The fourth-order valence-electron chi connectivity index (χ4n) is 4.62. The van der Waals surface area contributed by atoms with Gasteiger partial charge in [0.1, 0.15) is 0 Å². The maximum Gasteiger partial charge on any atom is 0.165 e. The van der Waals surface area contributed by atoms with E-state index in [2.05, 4.69) is 36.9 Å². The van der Waals surface area contributed by atoms with E-state index < -0.39 is 5.60 Å². The number of tetrazole rings is 1. The van der Waals surface area contributed by atoms with Crippen molar-refractivity contribution in [2.24, 2.45) is 0 Å². The van der Waals surface area contributed by atoms with Crippen LogP contribution in [-0.2, 0) is 18.7 Å². The summed E-state index contributed by atoms with van der Waals surface area (Å²) in [6.07, 6.45) is 7.25. The molecule has 5 rings (SSSR count). The molecule has 3 aromatic heterocycles. The van der Waals surface area contributed by atoms with Crippen molar-refractivity contribution in [3.63, 3.8) is 0 Å². The van der Waals surface area contributed by atoms with Crippen molar-refractivity contribution in [2.75, 3.05) is 0 Å². The molecule has 2 bridgehead atoms. The van der Waals surface area contributed by atoms with Crippen molar-refractivity contribution in [1.82, 2.24) is 30.1 Å². The lowest BCUT2D eigenvalue weighted by Crippen LogP contribution is -2.49. The molecule has 1 N–H and O–H groups in total. The number of pyridine rings is 1. The van der Waals surface area contributed by atoms with Gasteiger partial charge in [0.05, 0.1) is 18.7 Å². The van der Waals surface area contributed by atoms with Crippen LogP contribution in [0.15, 0.2) is 42.0 Å². The second kappa shape index (κ2) is 6.78. The Labute approximate surface area is 161 Å². The highest BCUT2D eigenvalue weighted by molar-refractivity contribution is 7.09. The van der Waals surface area contributed by atoms with Crippen LogP contribution in [0, 0.1) is 0 Å². The van der Waals surface area contributed by atoms with Gasteiger partial charge in [-0.3, -0.25) is 9.88 Å². The largest absolute Gasteiger partial charge is 0.385 e. The van der Waals surface area contributed by atoms with Crippen molar-refractivity contribution in [2.45, 2.75) is 56.5 Å². The Morgan fingerprint density at radius 3 is 2.70 bits per heavy atom. The minimum atomic E-state index is -0.778. The lowest BCUT2D eigenvalue weighted by Gasteiger charge is -2.43. The fourth-order valence-corrected chi connectivity index (χ4v) is 5.31. The monoisotopic (exact) mass is 382 g/mol. The Kier molecular flexibility index (Phi) is 4.26. The summed E-state index contributed by atoms with van der Waals surface area (Å²) in [4.78, 5) is 7.93. The van der Waals surface area contributed by atoms with Gasteiger partial charge in [0, 0.05) is 34.9 Å². The quantitative estimate of drug-likeness (QED) is 0.729. The molecule has 0 saturated carbocycles. The summed E-state index contributed by atoms with van der Waals surface area (Å²) < 4.78 is 1.90.